The molecule has 0 spiro atoms. The summed E-state index contributed by atoms with van der Waals surface area (Å²) in [7, 11) is 0. The van der Waals surface area contributed by atoms with Gasteiger partial charge in [0.15, 0.2) is 0 Å². The molecule has 0 fully saturated rings. The minimum Gasteiger partial charge on any atom is -0.311 e. The molecule has 5 heteroatoms. The van der Waals surface area contributed by atoms with Crippen LogP contribution < -0.4 is 5.32 Å². The lowest BCUT2D eigenvalue weighted by atomic mass is 9.90. The molecule has 1 aromatic rings. The standard InChI is InChI=1S/C14H25Cl2N3/c1-5-11-13(16)12(19(6-2)18-11)9-17-10-14(3,4)7-8-15/h17H,5-10H2,1-4H3. The molecule has 1 heterocycles. The number of alkyl halides is 1. The average molecular weight is 306 g/mol. The van der Waals surface area contributed by atoms with Crippen molar-refractivity contribution in [2.24, 2.45) is 5.41 Å². The molecule has 0 aliphatic carbocycles. The van der Waals surface area contributed by atoms with Gasteiger partial charge >= 0.3 is 0 Å². The van der Waals surface area contributed by atoms with Gasteiger partial charge in [0, 0.05) is 25.5 Å². The van der Waals surface area contributed by atoms with E-state index < -0.39 is 0 Å². The van der Waals surface area contributed by atoms with Crippen molar-refractivity contribution in [1.82, 2.24) is 15.1 Å². The molecule has 110 valence electrons. The largest absolute Gasteiger partial charge is 0.311 e. The quantitative estimate of drug-likeness (QED) is 0.739. The monoisotopic (exact) mass is 305 g/mol. The lowest BCUT2D eigenvalue weighted by Gasteiger charge is -2.24. The summed E-state index contributed by atoms with van der Waals surface area (Å²) in [6, 6.07) is 0. The van der Waals surface area contributed by atoms with Crippen LogP contribution in [-0.2, 0) is 19.5 Å². The van der Waals surface area contributed by atoms with E-state index in [4.69, 9.17) is 23.2 Å². The number of aryl methyl sites for hydroxylation is 2. The predicted octanol–water partition coefficient (Wildman–Crippen LogP) is 3.86. The van der Waals surface area contributed by atoms with E-state index in [0.29, 0.717) is 5.88 Å². The number of hydrogen-bond donors (Lipinski definition) is 1. The van der Waals surface area contributed by atoms with Crippen LogP contribution in [0.3, 0.4) is 0 Å². The number of nitrogens with one attached hydrogen (secondary N) is 1. The Labute approximate surface area is 126 Å². The molecule has 0 unspecified atom stereocenters. The third-order valence-electron chi connectivity index (χ3n) is 3.36. The second-order valence-corrected chi connectivity index (χ2v) is 6.34. The number of halogens is 2. The molecular formula is C14H25Cl2N3. The first kappa shape index (κ1) is 16.8. The third kappa shape index (κ3) is 4.66. The van der Waals surface area contributed by atoms with Crippen LogP contribution in [0.15, 0.2) is 0 Å². The topological polar surface area (TPSA) is 29.9 Å². The summed E-state index contributed by atoms with van der Waals surface area (Å²) >= 11 is 12.2. The summed E-state index contributed by atoms with van der Waals surface area (Å²) in [6.45, 7) is 11.1. The molecule has 0 atom stereocenters. The second kappa shape index (κ2) is 7.51. The van der Waals surface area contributed by atoms with Crippen molar-refractivity contribution in [3.05, 3.63) is 16.4 Å². The van der Waals surface area contributed by atoms with Crippen molar-refractivity contribution in [1.29, 1.82) is 0 Å². The number of nitrogens with zero attached hydrogens (tertiary/aromatic N) is 2. The molecule has 0 radical (unpaired) electrons. The molecule has 0 aromatic carbocycles. The molecular weight excluding hydrogens is 281 g/mol. The summed E-state index contributed by atoms with van der Waals surface area (Å²) in [5, 5.41) is 8.81. The van der Waals surface area contributed by atoms with Crippen LogP contribution in [0, 0.1) is 5.41 Å². The Hall–Kier alpha value is -0.250. The fraction of sp³-hybridized carbons (Fsp3) is 0.786. The van der Waals surface area contributed by atoms with Crippen molar-refractivity contribution >= 4 is 23.2 Å². The molecule has 0 saturated heterocycles. The Balaban J connectivity index is 2.65. The van der Waals surface area contributed by atoms with Crippen LogP contribution in [0.4, 0.5) is 0 Å². The highest BCUT2D eigenvalue weighted by atomic mass is 35.5. The maximum absolute atomic E-state index is 6.38. The normalized spacial score (nSPS) is 12.1. The van der Waals surface area contributed by atoms with E-state index in [0.717, 1.165) is 48.9 Å². The van der Waals surface area contributed by atoms with Gasteiger partial charge in [-0.15, -0.1) is 11.6 Å². The summed E-state index contributed by atoms with van der Waals surface area (Å²) in [5.74, 6) is 0.697. The summed E-state index contributed by atoms with van der Waals surface area (Å²) in [5.41, 5.74) is 2.28. The molecule has 3 nitrogen and oxygen atoms in total. The molecule has 1 aromatic heterocycles. The van der Waals surface area contributed by atoms with Gasteiger partial charge in [-0.25, -0.2) is 0 Å². The molecule has 0 aliphatic heterocycles. The second-order valence-electron chi connectivity index (χ2n) is 5.58. The molecule has 0 amide bonds. The van der Waals surface area contributed by atoms with Crippen LogP contribution in [0.1, 0.15) is 45.5 Å². The summed E-state index contributed by atoms with van der Waals surface area (Å²) in [4.78, 5) is 0. The van der Waals surface area contributed by atoms with Crippen molar-refractivity contribution in [3.8, 4) is 0 Å². The minimum absolute atomic E-state index is 0.207. The average Bonchev–Trinajstić information content (AvgIpc) is 2.66. The summed E-state index contributed by atoms with van der Waals surface area (Å²) < 4.78 is 1.99. The smallest absolute Gasteiger partial charge is 0.0863 e. The van der Waals surface area contributed by atoms with Crippen molar-refractivity contribution in [2.75, 3.05) is 12.4 Å². The highest BCUT2D eigenvalue weighted by Gasteiger charge is 2.18. The van der Waals surface area contributed by atoms with Crippen molar-refractivity contribution in [2.45, 2.75) is 53.6 Å². The first-order valence-corrected chi connectivity index (χ1v) is 7.87. The van der Waals surface area contributed by atoms with E-state index in [9.17, 15) is 0 Å². The number of hydrogen-bond acceptors (Lipinski definition) is 2. The number of rotatable bonds is 8. The van der Waals surface area contributed by atoms with Gasteiger partial charge in [-0.05, 0) is 25.2 Å². The molecule has 0 saturated carbocycles. The Bertz CT molecular complexity index is 400. The zero-order valence-corrected chi connectivity index (χ0v) is 13.9. The van der Waals surface area contributed by atoms with E-state index in [1.54, 1.807) is 0 Å². The van der Waals surface area contributed by atoms with E-state index in [1.165, 1.54) is 0 Å². The Morgan fingerprint density at radius 2 is 2.00 bits per heavy atom. The highest BCUT2D eigenvalue weighted by Crippen LogP contribution is 2.23. The zero-order chi connectivity index (χ0) is 14.5. The maximum atomic E-state index is 6.38. The third-order valence-corrected chi connectivity index (χ3v) is 3.99. The van der Waals surface area contributed by atoms with Crippen LogP contribution in [0.5, 0.6) is 0 Å². The van der Waals surface area contributed by atoms with Gasteiger partial charge in [0.05, 0.1) is 16.4 Å². The predicted molar refractivity (Wildman–Crippen MR) is 83.1 cm³/mol. The maximum Gasteiger partial charge on any atom is 0.0863 e. The molecule has 0 bridgehead atoms. The van der Waals surface area contributed by atoms with Crippen LogP contribution >= 0.6 is 23.2 Å². The van der Waals surface area contributed by atoms with E-state index in [-0.39, 0.29) is 5.41 Å². The van der Waals surface area contributed by atoms with Crippen LogP contribution in [0.2, 0.25) is 5.02 Å². The molecule has 1 N–H and O–H groups in total. The van der Waals surface area contributed by atoms with Gasteiger partial charge in [-0.1, -0.05) is 32.4 Å². The van der Waals surface area contributed by atoms with Crippen molar-refractivity contribution in [3.63, 3.8) is 0 Å². The van der Waals surface area contributed by atoms with E-state index in [2.05, 4.69) is 38.1 Å². The summed E-state index contributed by atoms with van der Waals surface area (Å²) in [6.07, 6.45) is 1.87. The molecule has 1 rings (SSSR count). The van der Waals surface area contributed by atoms with Gasteiger partial charge in [0.2, 0.25) is 0 Å². The van der Waals surface area contributed by atoms with Gasteiger partial charge in [0.1, 0.15) is 0 Å². The van der Waals surface area contributed by atoms with Gasteiger partial charge in [-0.2, -0.15) is 5.10 Å². The first-order valence-electron chi connectivity index (χ1n) is 6.96. The molecule has 0 aliphatic rings. The van der Waals surface area contributed by atoms with E-state index in [1.807, 2.05) is 4.68 Å². The Morgan fingerprint density at radius 1 is 1.32 bits per heavy atom. The molecule has 19 heavy (non-hydrogen) atoms. The minimum atomic E-state index is 0.207. The van der Waals surface area contributed by atoms with Gasteiger partial charge < -0.3 is 5.32 Å². The highest BCUT2D eigenvalue weighted by molar-refractivity contribution is 6.31. The number of aromatic nitrogens is 2. The zero-order valence-electron chi connectivity index (χ0n) is 12.4. The lowest BCUT2D eigenvalue weighted by molar-refractivity contribution is 0.327. The fourth-order valence-electron chi connectivity index (χ4n) is 2.05. The van der Waals surface area contributed by atoms with E-state index >= 15 is 0 Å². The van der Waals surface area contributed by atoms with Crippen molar-refractivity contribution < 1.29 is 0 Å². The lowest BCUT2D eigenvalue weighted by Crippen LogP contribution is -2.30. The van der Waals surface area contributed by atoms with Gasteiger partial charge in [0.25, 0.3) is 0 Å². The van der Waals surface area contributed by atoms with Crippen LogP contribution in [0.25, 0.3) is 0 Å². The first-order chi connectivity index (χ1) is 8.95. The SMILES string of the molecule is CCc1nn(CC)c(CNCC(C)(C)CCCl)c1Cl. The fourth-order valence-corrected chi connectivity index (χ4v) is 2.90. The van der Waals surface area contributed by atoms with Gasteiger partial charge in [-0.3, -0.25) is 4.68 Å². The van der Waals surface area contributed by atoms with Crippen LogP contribution in [-0.4, -0.2) is 22.2 Å². The Kier molecular flexibility index (Phi) is 6.64. The Morgan fingerprint density at radius 3 is 2.53 bits per heavy atom.